The number of hydrogen-bond acceptors (Lipinski definition) is 4. The predicted octanol–water partition coefficient (Wildman–Crippen LogP) is 4.65. The highest BCUT2D eigenvalue weighted by Crippen LogP contribution is 2.28. The Labute approximate surface area is 200 Å². The molecule has 0 atom stereocenters. The van der Waals surface area contributed by atoms with Gasteiger partial charge in [0.1, 0.15) is 0 Å². The van der Waals surface area contributed by atoms with Crippen LogP contribution < -0.4 is 0 Å². The van der Waals surface area contributed by atoms with E-state index in [4.69, 9.17) is 0 Å². The molecule has 0 aliphatic carbocycles. The summed E-state index contributed by atoms with van der Waals surface area (Å²) in [5.41, 5.74) is 0. The Morgan fingerprint density at radius 1 is 0.406 bits per heavy atom. The van der Waals surface area contributed by atoms with E-state index < -0.39 is 0 Å². The van der Waals surface area contributed by atoms with Gasteiger partial charge in [-0.2, -0.15) is 0 Å². The molecule has 4 aliphatic heterocycles. The summed E-state index contributed by atoms with van der Waals surface area (Å²) >= 11 is 0. The second-order valence-electron chi connectivity index (χ2n) is 12.2. The lowest BCUT2D eigenvalue weighted by Crippen LogP contribution is -2.42. The van der Waals surface area contributed by atoms with Crippen LogP contribution >= 0.6 is 0 Å². The summed E-state index contributed by atoms with van der Waals surface area (Å²) in [6.45, 7) is 20.9. The van der Waals surface area contributed by atoms with Crippen LogP contribution in [-0.2, 0) is 0 Å². The zero-order valence-corrected chi connectivity index (χ0v) is 21.7. The Hall–Kier alpha value is -0.160. The molecule has 0 aromatic heterocycles. The molecule has 4 heteroatoms. The number of hydrogen-bond donors (Lipinski definition) is 0. The Kier molecular flexibility index (Phi) is 10.2. The van der Waals surface area contributed by atoms with Gasteiger partial charge in [0, 0.05) is 26.2 Å². The van der Waals surface area contributed by atoms with Gasteiger partial charge < -0.3 is 19.6 Å². The summed E-state index contributed by atoms with van der Waals surface area (Å²) in [4.78, 5) is 10.9. The van der Waals surface area contributed by atoms with Gasteiger partial charge in [0.15, 0.2) is 0 Å². The first-order valence-electron chi connectivity index (χ1n) is 14.5. The van der Waals surface area contributed by atoms with Crippen molar-refractivity contribution in [1.82, 2.24) is 19.6 Å². The Balaban J connectivity index is 1.01. The molecule has 0 unspecified atom stereocenters. The van der Waals surface area contributed by atoms with Gasteiger partial charge in [0.2, 0.25) is 0 Å². The third kappa shape index (κ3) is 8.25. The van der Waals surface area contributed by atoms with E-state index >= 15 is 0 Å². The maximum atomic E-state index is 2.76. The summed E-state index contributed by atoms with van der Waals surface area (Å²) in [5, 5.41) is 0. The molecule has 0 N–H and O–H groups in total. The predicted molar refractivity (Wildman–Crippen MR) is 137 cm³/mol. The van der Waals surface area contributed by atoms with E-state index in [1.54, 1.807) is 0 Å². The average Bonchev–Trinajstić information content (AvgIpc) is 2.83. The van der Waals surface area contributed by atoms with Crippen LogP contribution in [0.4, 0.5) is 0 Å². The normalized spacial score (nSPS) is 27.9. The van der Waals surface area contributed by atoms with Gasteiger partial charge in [-0.1, -0.05) is 26.7 Å². The molecule has 0 spiro atoms. The minimum Gasteiger partial charge on any atom is -0.302 e. The fraction of sp³-hybridized carbons (Fsp3) is 1.00. The molecule has 4 nitrogen and oxygen atoms in total. The van der Waals surface area contributed by atoms with Crippen molar-refractivity contribution in [3.8, 4) is 0 Å². The van der Waals surface area contributed by atoms with Crippen LogP contribution in [-0.4, -0.2) is 98.1 Å². The average molecular weight is 447 g/mol. The third-order valence-electron chi connectivity index (χ3n) is 9.61. The minimum absolute atomic E-state index is 0.956. The first kappa shape index (κ1) is 24.9. The molecule has 0 saturated carbocycles. The molecular weight excluding hydrogens is 392 g/mol. The van der Waals surface area contributed by atoms with Gasteiger partial charge in [-0.25, -0.2) is 0 Å². The SMILES string of the molecule is CC1CCN(CCN2CCC(CCC3CCN(CCN4CCC(C)CC4)CC3)CC2)CC1. The van der Waals surface area contributed by atoms with Crippen LogP contribution in [0.5, 0.6) is 0 Å². The first-order valence-corrected chi connectivity index (χ1v) is 14.5. The second-order valence-corrected chi connectivity index (χ2v) is 12.2. The van der Waals surface area contributed by atoms with Gasteiger partial charge in [-0.15, -0.1) is 0 Å². The van der Waals surface area contributed by atoms with Gasteiger partial charge in [0.25, 0.3) is 0 Å². The topological polar surface area (TPSA) is 13.0 Å². The Bertz CT molecular complexity index is 448. The maximum Gasteiger partial charge on any atom is 0.0109 e. The van der Waals surface area contributed by atoms with Gasteiger partial charge in [-0.05, 0) is 127 Å². The van der Waals surface area contributed by atoms with Crippen molar-refractivity contribution in [2.75, 3.05) is 78.5 Å². The minimum atomic E-state index is 0.956. The zero-order valence-electron chi connectivity index (χ0n) is 21.7. The van der Waals surface area contributed by atoms with E-state index in [9.17, 15) is 0 Å². The van der Waals surface area contributed by atoms with E-state index in [1.165, 1.54) is 143 Å². The fourth-order valence-corrected chi connectivity index (χ4v) is 6.61. The summed E-state index contributed by atoms with van der Waals surface area (Å²) < 4.78 is 0. The smallest absolute Gasteiger partial charge is 0.0109 e. The molecular formula is C28H54N4. The zero-order chi connectivity index (χ0) is 22.2. The molecule has 4 aliphatic rings. The highest BCUT2D eigenvalue weighted by Gasteiger charge is 2.24. The lowest BCUT2D eigenvalue weighted by atomic mass is 9.85. The lowest BCUT2D eigenvalue weighted by molar-refractivity contribution is 0.120. The van der Waals surface area contributed by atoms with Crippen molar-refractivity contribution >= 4 is 0 Å². The van der Waals surface area contributed by atoms with Crippen molar-refractivity contribution < 1.29 is 0 Å². The fourth-order valence-electron chi connectivity index (χ4n) is 6.61. The molecule has 4 rings (SSSR count). The van der Waals surface area contributed by atoms with Crippen molar-refractivity contribution in [3.05, 3.63) is 0 Å². The molecule has 4 fully saturated rings. The molecule has 0 radical (unpaired) electrons. The van der Waals surface area contributed by atoms with E-state index in [0.717, 1.165) is 23.7 Å². The number of nitrogens with zero attached hydrogens (tertiary/aromatic N) is 4. The van der Waals surface area contributed by atoms with Crippen LogP contribution in [0.1, 0.15) is 78.1 Å². The second kappa shape index (κ2) is 13.1. The largest absolute Gasteiger partial charge is 0.302 e. The van der Waals surface area contributed by atoms with Crippen LogP contribution in [0.15, 0.2) is 0 Å². The van der Waals surface area contributed by atoms with Crippen molar-refractivity contribution in [3.63, 3.8) is 0 Å². The van der Waals surface area contributed by atoms with Crippen LogP contribution in [0, 0.1) is 23.7 Å². The first-order chi connectivity index (χ1) is 15.6. The highest BCUT2D eigenvalue weighted by molar-refractivity contribution is 4.79. The van der Waals surface area contributed by atoms with E-state index in [2.05, 4.69) is 33.4 Å². The number of likely N-dealkylation sites (tertiary alicyclic amines) is 4. The van der Waals surface area contributed by atoms with E-state index in [0.29, 0.717) is 0 Å². The van der Waals surface area contributed by atoms with Gasteiger partial charge in [0.05, 0.1) is 0 Å². The van der Waals surface area contributed by atoms with Crippen molar-refractivity contribution in [1.29, 1.82) is 0 Å². The molecule has 4 heterocycles. The molecule has 186 valence electrons. The molecule has 0 aromatic carbocycles. The van der Waals surface area contributed by atoms with Crippen LogP contribution in [0.3, 0.4) is 0 Å². The number of rotatable bonds is 9. The Morgan fingerprint density at radius 2 is 0.656 bits per heavy atom. The molecule has 32 heavy (non-hydrogen) atoms. The van der Waals surface area contributed by atoms with Crippen LogP contribution in [0.25, 0.3) is 0 Å². The van der Waals surface area contributed by atoms with E-state index in [1.807, 2.05) is 0 Å². The third-order valence-corrected chi connectivity index (χ3v) is 9.61. The molecule has 4 saturated heterocycles. The van der Waals surface area contributed by atoms with Gasteiger partial charge >= 0.3 is 0 Å². The molecule has 0 aromatic rings. The Morgan fingerprint density at radius 3 is 0.938 bits per heavy atom. The lowest BCUT2D eigenvalue weighted by Gasteiger charge is -2.37. The highest BCUT2D eigenvalue weighted by atomic mass is 15.2. The maximum absolute atomic E-state index is 2.76. The summed E-state index contributed by atoms with van der Waals surface area (Å²) in [6, 6.07) is 0. The molecule has 0 bridgehead atoms. The quantitative estimate of drug-likeness (QED) is 0.511. The monoisotopic (exact) mass is 446 g/mol. The molecule has 0 amide bonds. The van der Waals surface area contributed by atoms with Crippen molar-refractivity contribution in [2.24, 2.45) is 23.7 Å². The van der Waals surface area contributed by atoms with E-state index in [-0.39, 0.29) is 0 Å². The summed E-state index contributed by atoms with van der Waals surface area (Å²) in [6.07, 6.45) is 14.5. The number of piperidine rings is 4. The van der Waals surface area contributed by atoms with Gasteiger partial charge in [-0.3, -0.25) is 0 Å². The summed E-state index contributed by atoms with van der Waals surface area (Å²) in [7, 11) is 0. The van der Waals surface area contributed by atoms with Crippen molar-refractivity contribution in [2.45, 2.75) is 78.1 Å². The standard InChI is InChI=1S/C28H54N4/c1-25-5-13-29(14-6-25)21-23-31-17-9-27(10-18-31)3-4-28-11-19-32(20-12-28)24-22-30-15-7-26(2)8-16-30/h25-28H,3-24H2,1-2H3. The van der Waals surface area contributed by atoms with Crippen LogP contribution in [0.2, 0.25) is 0 Å². The summed E-state index contributed by atoms with van der Waals surface area (Å²) in [5.74, 6) is 3.94.